The van der Waals surface area contributed by atoms with E-state index in [4.69, 9.17) is 9.47 Å². The number of carbonyl (C=O) groups is 1. The maximum absolute atomic E-state index is 12.7. The Hall–Kier alpha value is -3.29. The third-order valence-corrected chi connectivity index (χ3v) is 4.93. The van der Waals surface area contributed by atoms with Crippen LogP contribution < -0.4 is 10.3 Å². The average molecular weight is 398 g/mol. The van der Waals surface area contributed by atoms with Crippen LogP contribution in [-0.4, -0.2) is 40.2 Å². The van der Waals surface area contributed by atoms with Gasteiger partial charge in [0.15, 0.2) is 0 Å². The second kappa shape index (κ2) is 8.81. The minimum Gasteiger partial charge on any atom is -0.497 e. The number of benzene rings is 1. The zero-order chi connectivity index (χ0) is 21.0. The molecule has 1 aromatic carbocycles. The Bertz CT molecular complexity index is 1010. The molecular formula is C21H26N4O4. The van der Waals surface area contributed by atoms with Gasteiger partial charge in [-0.2, -0.15) is 5.10 Å². The summed E-state index contributed by atoms with van der Waals surface area (Å²) in [6.45, 7) is 4.01. The molecule has 3 aromatic rings. The summed E-state index contributed by atoms with van der Waals surface area (Å²) in [5.41, 5.74) is 2.81. The molecule has 8 nitrogen and oxygen atoms in total. The third-order valence-electron chi connectivity index (χ3n) is 4.93. The first kappa shape index (κ1) is 20.4. The van der Waals surface area contributed by atoms with Crippen LogP contribution in [0.5, 0.6) is 5.75 Å². The molecule has 0 saturated heterocycles. The van der Waals surface area contributed by atoms with Crippen molar-refractivity contribution in [1.29, 1.82) is 0 Å². The van der Waals surface area contributed by atoms with Crippen LogP contribution in [0.4, 0.5) is 0 Å². The second-order valence-electron chi connectivity index (χ2n) is 7.12. The van der Waals surface area contributed by atoms with Crippen molar-refractivity contribution < 1.29 is 14.3 Å². The van der Waals surface area contributed by atoms with E-state index in [2.05, 4.69) is 15.3 Å². The number of hydrogen-bond donors (Lipinski definition) is 2. The van der Waals surface area contributed by atoms with Crippen LogP contribution >= 0.6 is 0 Å². The van der Waals surface area contributed by atoms with Crippen molar-refractivity contribution in [3.63, 3.8) is 0 Å². The molecule has 0 amide bonds. The molecule has 8 heteroatoms. The Labute approximate surface area is 168 Å². The summed E-state index contributed by atoms with van der Waals surface area (Å²) in [6.07, 6.45) is 2.24. The molecule has 0 radical (unpaired) electrons. The van der Waals surface area contributed by atoms with Gasteiger partial charge in [0.2, 0.25) is 0 Å². The number of nitrogens with zero attached hydrogens (tertiary/aromatic N) is 2. The van der Waals surface area contributed by atoms with Gasteiger partial charge in [0.05, 0.1) is 20.6 Å². The normalized spacial score (nSPS) is 12.2. The second-order valence-corrected chi connectivity index (χ2v) is 7.12. The Kier molecular flexibility index (Phi) is 6.21. The number of carbonyl (C=O) groups excluding carboxylic acids is 1. The molecule has 0 fully saturated rings. The standard InChI is InChI=1S/C21H26N4O4/c1-13(2)25-18(9-10-22-25)16(12-19(26)29-4)20-17(23-24-21(20)27)11-14-5-7-15(28-3)8-6-14/h5-10,13,16H,11-12H2,1-4H3,(H2,23,24,27)/t16-/m0/s1. The maximum atomic E-state index is 12.7. The summed E-state index contributed by atoms with van der Waals surface area (Å²) in [5, 5.41) is 10.0. The van der Waals surface area contributed by atoms with Gasteiger partial charge < -0.3 is 14.6 Å². The van der Waals surface area contributed by atoms with E-state index >= 15 is 0 Å². The molecule has 154 valence electrons. The van der Waals surface area contributed by atoms with Crippen LogP contribution in [0.25, 0.3) is 0 Å². The van der Waals surface area contributed by atoms with Crippen molar-refractivity contribution in [3.05, 3.63) is 69.4 Å². The Morgan fingerprint density at radius 2 is 1.86 bits per heavy atom. The molecule has 0 saturated carbocycles. The minimum atomic E-state index is -0.476. The van der Waals surface area contributed by atoms with Crippen LogP contribution in [-0.2, 0) is 16.0 Å². The smallest absolute Gasteiger partial charge is 0.306 e. The van der Waals surface area contributed by atoms with Gasteiger partial charge in [-0.05, 0) is 37.6 Å². The van der Waals surface area contributed by atoms with Gasteiger partial charge >= 0.3 is 5.97 Å². The molecule has 0 aliphatic rings. The van der Waals surface area contributed by atoms with Crippen molar-refractivity contribution in [3.8, 4) is 5.75 Å². The largest absolute Gasteiger partial charge is 0.497 e. The van der Waals surface area contributed by atoms with Crippen LogP contribution in [0.1, 0.15) is 54.7 Å². The Balaban J connectivity index is 2.03. The van der Waals surface area contributed by atoms with E-state index in [0.29, 0.717) is 12.0 Å². The van der Waals surface area contributed by atoms with Crippen LogP contribution in [0, 0.1) is 0 Å². The molecule has 29 heavy (non-hydrogen) atoms. The van der Waals surface area contributed by atoms with Crippen molar-refractivity contribution in [2.75, 3.05) is 14.2 Å². The van der Waals surface area contributed by atoms with Crippen molar-refractivity contribution in [2.45, 2.75) is 38.6 Å². The maximum Gasteiger partial charge on any atom is 0.306 e. The number of methoxy groups -OCH3 is 2. The first-order valence-corrected chi connectivity index (χ1v) is 9.47. The lowest BCUT2D eigenvalue weighted by atomic mass is 9.90. The average Bonchev–Trinajstić information content (AvgIpc) is 3.34. The topological polar surface area (TPSA) is 102 Å². The van der Waals surface area contributed by atoms with E-state index < -0.39 is 5.92 Å². The van der Waals surface area contributed by atoms with E-state index in [1.54, 1.807) is 13.3 Å². The Morgan fingerprint density at radius 3 is 2.48 bits per heavy atom. The molecule has 2 heterocycles. The van der Waals surface area contributed by atoms with Crippen molar-refractivity contribution in [2.24, 2.45) is 0 Å². The number of ether oxygens (including phenoxy) is 2. The van der Waals surface area contributed by atoms with E-state index in [1.807, 2.05) is 48.9 Å². The number of hydrogen-bond acceptors (Lipinski definition) is 5. The highest BCUT2D eigenvalue weighted by Crippen LogP contribution is 2.30. The molecule has 0 unspecified atom stereocenters. The summed E-state index contributed by atoms with van der Waals surface area (Å²) in [5.74, 6) is -0.0981. The van der Waals surface area contributed by atoms with Gasteiger partial charge in [-0.15, -0.1) is 0 Å². The van der Waals surface area contributed by atoms with Gasteiger partial charge in [-0.1, -0.05) is 12.1 Å². The molecule has 2 N–H and O–H groups in total. The van der Waals surface area contributed by atoms with Crippen molar-refractivity contribution >= 4 is 5.97 Å². The molecule has 0 bridgehead atoms. The SMILES string of the molecule is COC(=O)C[C@H](c1c(Cc2ccc(OC)cc2)[nH][nH]c1=O)c1ccnn1C(C)C. The number of aromatic amines is 2. The summed E-state index contributed by atoms with van der Waals surface area (Å²) >= 11 is 0. The minimum absolute atomic E-state index is 0.0471. The zero-order valence-corrected chi connectivity index (χ0v) is 17.1. The fourth-order valence-corrected chi connectivity index (χ4v) is 3.50. The third kappa shape index (κ3) is 4.42. The number of rotatable bonds is 8. The highest BCUT2D eigenvalue weighted by atomic mass is 16.5. The molecule has 3 rings (SSSR count). The van der Waals surface area contributed by atoms with Gasteiger partial charge in [-0.3, -0.25) is 19.4 Å². The fraction of sp³-hybridized carbons (Fsp3) is 0.381. The van der Waals surface area contributed by atoms with Crippen molar-refractivity contribution in [1.82, 2.24) is 20.0 Å². The first-order valence-electron chi connectivity index (χ1n) is 9.47. The quantitative estimate of drug-likeness (QED) is 0.568. The lowest BCUT2D eigenvalue weighted by Crippen LogP contribution is -2.21. The van der Waals surface area contributed by atoms with E-state index in [-0.39, 0.29) is 24.0 Å². The van der Waals surface area contributed by atoms with E-state index in [9.17, 15) is 9.59 Å². The van der Waals surface area contributed by atoms with Gasteiger partial charge in [-0.25, -0.2) is 0 Å². The summed E-state index contributed by atoms with van der Waals surface area (Å²) < 4.78 is 11.9. The number of esters is 1. The van der Waals surface area contributed by atoms with Crippen LogP contribution in [0.3, 0.4) is 0 Å². The van der Waals surface area contributed by atoms with Crippen LogP contribution in [0.15, 0.2) is 41.3 Å². The highest BCUT2D eigenvalue weighted by molar-refractivity contribution is 5.71. The summed E-state index contributed by atoms with van der Waals surface area (Å²) in [7, 11) is 2.96. The lowest BCUT2D eigenvalue weighted by molar-refractivity contribution is -0.140. The zero-order valence-electron chi connectivity index (χ0n) is 17.1. The molecule has 0 aliphatic carbocycles. The predicted molar refractivity (Wildman–Crippen MR) is 108 cm³/mol. The highest BCUT2D eigenvalue weighted by Gasteiger charge is 2.29. The number of H-pyrrole nitrogens is 2. The van der Waals surface area contributed by atoms with Gasteiger partial charge in [0.1, 0.15) is 5.75 Å². The van der Waals surface area contributed by atoms with E-state index in [0.717, 1.165) is 22.7 Å². The van der Waals surface area contributed by atoms with Gasteiger partial charge in [0.25, 0.3) is 5.56 Å². The number of aromatic nitrogens is 4. The molecular weight excluding hydrogens is 372 g/mol. The lowest BCUT2D eigenvalue weighted by Gasteiger charge is -2.19. The Morgan fingerprint density at radius 1 is 1.14 bits per heavy atom. The monoisotopic (exact) mass is 398 g/mol. The molecule has 0 aliphatic heterocycles. The van der Waals surface area contributed by atoms with Gasteiger partial charge in [0, 0.05) is 41.5 Å². The molecule has 0 spiro atoms. The predicted octanol–water partition coefficient (Wildman–Crippen LogP) is 2.77. The van der Waals surface area contributed by atoms with Crippen LogP contribution in [0.2, 0.25) is 0 Å². The van der Waals surface area contributed by atoms with E-state index in [1.165, 1.54) is 7.11 Å². The fourth-order valence-electron chi connectivity index (χ4n) is 3.50. The summed E-state index contributed by atoms with van der Waals surface area (Å²) in [4.78, 5) is 24.9. The molecule has 1 atom stereocenters. The number of nitrogens with one attached hydrogen (secondary N) is 2. The molecule has 2 aromatic heterocycles. The summed E-state index contributed by atoms with van der Waals surface area (Å²) in [6, 6.07) is 9.57. The first-order chi connectivity index (χ1) is 13.9.